The van der Waals surface area contributed by atoms with E-state index in [1.165, 1.54) is 12.1 Å². The summed E-state index contributed by atoms with van der Waals surface area (Å²) in [6, 6.07) is 13.1. The van der Waals surface area contributed by atoms with Crippen molar-refractivity contribution in [3.05, 3.63) is 59.8 Å². The molecule has 0 saturated carbocycles. The maximum Gasteiger partial charge on any atom is 0.270 e. The van der Waals surface area contributed by atoms with Crippen molar-refractivity contribution in [2.24, 2.45) is 5.73 Å². The van der Waals surface area contributed by atoms with Crippen molar-refractivity contribution < 1.29 is 8.42 Å². The van der Waals surface area contributed by atoms with E-state index >= 15 is 0 Å². The molecule has 0 fully saturated rings. The maximum atomic E-state index is 13.0. The lowest BCUT2D eigenvalue weighted by Crippen LogP contribution is -2.40. The first-order valence-corrected chi connectivity index (χ1v) is 8.81. The summed E-state index contributed by atoms with van der Waals surface area (Å²) in [5.41, 5.74) is 6.73. The number of nitrogens with one attached hydrogen (secondary N) is 1. The highest BCUT2D eigenvalue weighted by Gasteiger charge is 2.29. The van der Waals surface area contributed by atoms with Gasteiger partial charge in [-0.3, -0.25) is 0 Å². The van der Waals surface area contributed by atoms with E-state index in [0.29, 0.717) is 21.6 Å². The molecule has 3 N–H and O–H groups in total. The van der Waals surface area contributed by atoms with Crippen LogP contribution in [-0.4, -0.2) is 18.5 Å². The first-order chi connectivity index (χ1) is 10.9. The van der Waals surface area contributed by atoms with E-state index in [0.717, 1.165) is 4.31 Å². The van der Waals surface area contributed by atoms with Gasteiger partial charge in [0.15, 0.2) is 5.11 Å². The minimum Gasteiger partial charge on any atom is -0.375 e. The Hall–Kier alpha value is -2.09. The Morgan fingerprint density at radius 3 is 2.48 bits per heavy atom. The van der Waals surface area contributed by atoms with Gasteiger partial charge in [-0.1, -0.05) is 35.9 Å². The zero-order chi connectivity index (χ0) is 16.6. The Balaban J connectivity index is 2.28. The molecule has 0 aliphatic rings. The molecule has 0 aliphatic heterocycles. The summed E-state index contributed by atoms with van der Waals surface area (Å²) < 4.78 is 26.8. The largest absolute Gasteiger partial charge is 0.375 e. The van der Waals surface area contributed by atoms with Crippen LogP contribution in [0.1, 0.15) is 0 Å². The Morgan fingerprint density at radius 2 is 1.83 bits per heavy atom. The molecule has 8 heteroatoms. The fourth-order valence-electron chi connectivity index (χ4n) is 2.36. The van der Waals surface area contributed by atoms with E-state index in [2.05, 4.69) is 4.98 Å². The normalized spacial score (nSPS) is 11.5. The molecule has 0 unspecified atom stereocenters. The molecule has 2 aromatic carbocycles. The van der Waals surface area contributed by atoms with Gasteiger partial charge in [0.1, 0.15) is 0 Å². The highest BCUT2D eigenvalue weighted by atomic mass is 35.5. The number of H-pyrrole nitrogens is 1. The highest BCUT2D eigenvalue weighted by Crippen LogP contribution is 2.35. The third-order valence-corrected chi connectivity index (χ3v) is 5.67. The van der Waals surface area contributed by atoms with Crippen molar-refractivity contribution in [2.75, 3.05) is 4.31 Å². The molecule has 0 bridgehead atoms. The summed E-state index contributed by atoms with van der Waals surface area (Å²) in [6.45, 7) is 0. The van der Waals surface area contributed by atoms with Crippen LogP contribution in [0.2, 0.25) is 5.02 Å². The second kappa shape index (κ2) is 5.84. The molecule has 5 nitrogen and oxygen atoms in total. The fraction of sp³-hybridized carbons (Fsp3) is 0. The van der Waals surface area contributed by atoms with Gasteiger partial charge in [0.25, 0.3) is 10.0 Å². The van der Waals surface area contributed by atoms with E-state index in [4.69, 9.17) is 29.6 Å². The van der Waals surface area contributed by atoms with Gasteiger partial charge >= 0.3 is 0 Å². The van der Waals surface area contributed by atoms with Crippen LogP contribution < -0.4 is 10.0 Å². The predicted octanol–water partition coefficient (Wildman–Crippen LogP) is 3.26. The lowest BCUT2D eigenvalue weighted by atomic mass is 10.2. The molecule has 1 heterocycles. The van der Waals surface area contributed by atoms with Gasteiger partial charge in [0.2, 0.25) is 0 Å². The van der Waals surface area contributed by atoms with Gasteiger partial charge in [-0.25, -0.2) is 12.7 Å². The molecule has 0 amide bonds. The molecule has 0 radical (unpaired) electrons. The summed E-state index contributed by atoms with van der Waals surface area (Å²) in [5, 5.41) is 0.653. The van der Waals surface area contributed by atoms with Gasteiger partial charge in [0.05, 0.1) is 15.6 Å². The number of sulfonamides is 1. The average molecular weight is 366 g/mol. The van der Waals surface area contributed by atoms with Gasteiger partial charge < -0.3 is 10.7 Å². The van der Waals surface area contributed by atoms with Crippen LogP contribution in [-0.2, 0) is 10.0 Å². The first kappa shape index (κ1) is 15.8. The number of nitrogens with two attached hydrogens (primary N) is 1. The molecule has 1 aromatic heterocycles. The van der Waals surface area contributed by atoms with Crippen LogP contribution in [0.4, 0.5) is 5.69 Å². The molecule has 0 aliphatic carbocycles. The van der Waals surface area contributed by atoms with Gasteiger partial charge in [-0.15, -0.1) is 0 Å². The number of aromatic nitrogens is 1. The van der Waals surface area contributed by atoms with E-state index in [-0.39, 0.29) is 10.0 Å². The van der Waals surface area contributed by atoms with Crippen molar-refractivity contribution >= 4 is 55.5 Å². The highest BCUT2D eigenvalue weighted by molar-refractivity contribution is 7.95. The Labute approximate surface area is 143 Å². The summed E-state index contributed by atoms with van der Waals surface area (Å²) in [5.74, 6) is 0. The number of aromatic amines is 1. The summed E-state index contributed by atoms with van der Waals surface area (Å²) in [6.07, 6.45) is 1.59. The third-order valence-electron chi connectivity index (χ3n) is 3.34. The number of fused-ring (bicyclic) bond motifs is 1. The third kappa shape index (κ3) is 2.67. The number of halogens is 1. The van der Waals surface area contributed by atoms with E-state index < -0.39 is 10.0 Å². The van der Waals surface area contributed by atoms with Crippen LogP contribution in [0.5, 0.6) is 0 Å². The van der Waals surface area contributed by atoms with Crippen molar-refractivity contribution in [2.45, 2.75) is 4.90 Å². The number of anilines is 1. The number of hydrogen-bond donors (Lipinski definition) is 2. The molecule has 0 atom stereocenters. The molecule has 118 valence electrons. The topological polar surface area (TPSA) is 79.2 Å². The Kier molecular flexibility index (Phi) is 4.01. The van der Waals surface area contributed by atoms with Crippen LogP contribution in [0, 0.1) is 0 Å². The lowest BCUT2D eigenvalue weighted by molar-refractivity contribution is 0.597. The van der Waals surface area contributed by atoms with E-state index in [1.54, 1.807) is 42.6 Å². The van der Waals surface area contributed by atoms with Crippen molar-refractivity contribution in [1.82, 2.24) is 4.98 Å². The monoisotopic (exact) mass is 365 g/mol. The van der Waals surface area contributed by atoms with Crippen LogP contribution in [0.3, 0.4) is 0 Å². The van der Waals surface area contributed by atoms with Crippen LogP contribution in [0.25, 0.3) is 10.9 Å². The summed E-state index contributed by atoms with van der Waals surface area (Å²) in [4.78, 5) is 3.07. The van der Waals surface area contributed by atoms with Crippen molar-refractivity contribution in [3.63, 3.8) is 0 Å². The number of benzene rings is 2. The quantitative estimate of drug-likeness (QED) is 0.698. The molecule has 23 heavy (non-hydrogen) atoms. The van der Waals surface area contributed by atoms with Crippen molar-refractivity contribution in [1.29, 1.82) is 0 Å². The van der Waals surface area contributed by atoms with Gasteiger partial charge in [-0.05, 0) is 36.5 Å². The van der Waals surface area contributed by atoms with Crippen molar-refractivity contribution in [3.8, 4) is 0 Å². The maximum absolute atomic E-state index is 13.0. The molecular formula is C15H12ClN3O2S2. The van der Waals surface area contributed by atoms with Gasteiger partial charge in [0, 0.05) is 17.1 Å². The standard InChI is InChI=1S/C15H12ClN3O2S2/c16-11-9-18-12-7-4-8-13(14(11)12)19(15(17)22)23(20,21)10-5-2-1-3-6-10/h1-9,18H,(H2,17,22). The van der Waals surface area contributed by atoms with E-state index in [9.17, 15) is 8.42 Å². The number of thiocarbonyl (C=S) groups is 1. The number of hydrogen-bond acceptors (Lipinski definition) is 3. The average Bonchev–Trinajstić information content (AvgIpc) is 2.90. The summed E-state index contributed by atoms with van der Waals surface area (Å²) >= 11 is 11.2. The second-order valence-corrected chi connectivity index (χ2v) is 7.37. The molecular weight excluding hydrogens is 354 g/mol. The molecule has 0 saturated heterocycles. The first-order valence-electron chi connectivity index (χ1n) is 6.58. The molecule has 3 aromatic rings. The van der Waals surface area contributed by atoms with Crippen LogP contribution >= 0.6 is 23.8 Å². The molecule has 3 rings (SSSR count). The van der Waals surface area contributed by atoms with Crippen LogP contribution in [0.15, 0.2) is 59.6 Å². The van der Waals surface area contributed by atoms with E-state index in [1.807, 2.05) is 0 Å². The number of nitrogens with zero attached hydrogens (tertiary/aromatic N) is 1. The fourth-order valence-corrected chi connectivity index (χ4v) is 4.36. The minimum absolute atomic E-state index is 0.0939. The predicted molar refractivity (Wildman–Crippen MR) is 96.2 cm³/mol. The summed E-state index contributed by atoms with van der Waals surface area (Å²) in [7, 11) is -3.94. The van der Waals surface area contributed by atoms with Gasteiger partial charge in [-0.2, -0.15) is 0 Å². The number of rotatable bonds is 3. The Bertz CT molecular complexity index is 984. The lowest BCUT2D eigenvalue weighted by Gasteiger charge is -2.23. The zero-order valence-electron chi connectivity index (χ0n) is 11.7. The second-order valence-electron chi connectivity index (χ2n) is 4.76. The SMILES string of the molecule is NC(=S)N(c1cccc2[nH]cc(Cl)c12)S(=O)(=O)c1ccccc1. The minimum atomic E-state index is -3.94. The molecule has 0 spiro atoms. The Morgan fingerprint density at radius 1 is 1.13 bits per heavy atom. The smallest absolute Gasteiger partial charge is 0.270 e. The zero-order valence-corrected chi connectivity index (χ0v) is 14.1.